The summed E-state index contributed by atoms with van der Waals surface area (Å²) in [6.07, 6.45) is 3.58. The highest BCUT2D eigenvalue weighted by Gasteiger charge is 2.20. The Morgan fingerprint density at radius 3 is 2.79 bits per heavy atom. The average Bonchev–Trinajstić information content (AvgIpc) is 2.11. The molecule has 0 unspecified atom stereocenters. The Kier molecular flexibility index (Phi) is 3.68. The van der Waals surface area contributed by atoms with Crippen LogP contribution in [-0.4, -0.2) is 35.0 Å². The third-order valence-electron chi connectivity index (χ3n) is 2.32. The van der Waals surface area contributed by atoms with Gasteiger partial charge >= 0.3 is 5.97 Å². The van der Waals surface area contributed by atoms with Crippen molar-refractivity contribution < 1.29 is 14.7 Å². The van der Waals surface area contributed by atoms with E-state index in [1.807, 2.05) is 0 Å². The van der Waals surface area contributed by atoms with E-state index in [0.717, 1.165) is 19.3 Å². The molecule has 0 aromatic carbocycles. The van der Waals surface area contributed by atoms with Crippen LogP contribution in [0, 0.1) is 0 Å². The average molecular weight is 197 g/mol. The monoisotopic (exact) mass is 197 g/mol. The summed E-state index contributed by atoms with van der Waals surface area (Å²) in [5.74, 6) is -1.17. The van der Waals surface area contributed by atoms with Gasteiger partial charge in [-0.2, -0.15) is 0 Å². The summed E-state index contributed by atoms with van der Waals surface area (Å²) in [7, 11) is 0. The van der Waals surface area contributed by atoms with Crippen molar-refractivity contribution >= 4 is 11.9 Å². The molecular formula is C10H15NO3. The summed E-state index contributed by atoms with van der Waals surface area (Å²) < 4.78 is 0. The molecule has 1 aliphatic heterocycles. The van der Waals surface area contributed by atoms with Gasteiger partial charge in [-0.3, -0.25) is 9.59 Å². The number of aliphatic carboxylic acids is 1. The summed E-state index contributed by atoms with van der Waals surface area (Å²) >= 11 is 0. The molecular weight excluding hydrogens is 182 g/mol. The molecule has 0 bridgehead atoms. The van der Waals surface area contributed by atoms with E-state index in [9.17, 15) is 9.59 Å². The van der Waals surface area contributed by atoms with Crippen LogP contribution in [-0.2, 0) is 9.59 Å². The van der Waals surface area contributed by atoms with E-state index >= 15 is 0 Å². The molecule has 0 atom stereocenters. The lowest BCUT2D eigenvalue weighted by atomic mass is 10.0. The van der Waals surface area contributed by atoms with Gasteiger partial charge in [0.25, 0.3) is 0 Å². The van der Waals surface area contributed by atoms with Gasteiger partial charge in [0, 0.05) is 12.1 Å². The predicted octanol–water partition coefficient (Wildman–Crippen LogP) is 1.03. The second kappa shape index (κ2) is 4.79. The number of hydrogen-bond donors (Lipinski definition) is 1. The molecule has 4 heteroatoms. The maximum absolute atomic E-state index is 11.6. The van der Waals surface area contributed by atoms with E-state index in [-0.39, 0.29) is 12.5 Å². The van der Waals surface area contributed by atoms with Gasteiger partial charge in [-0.25, -0.2) is 0 Å². The molecule has 1 amide bonds. The van der Waals surface area contributed by atoms with Crippen LogP contribution < -0.4 is 0 Å². The number of carboxylic acid groups (broad SMARTS) is 1. The van der Waals surface area contributed by atoms with Crippen LogP contribution in [0.1, 0.15) is 25.7 Å². The van der Waals surface area contributed by atoms with Gasteiger partial charge in [0.15, 0.2) is 0 Å². The van der Waals surface area contributed by atoms with Crippen molar-refractivity contribution in [3.63, 3.8) is 0 Å². The molecule has 0 radical (unpaired) electrons. The SMILES string of the molecule is C=C1CCCCCN(CC(=O)O)C1=O. The van der Waals surface area contributed by atoms with Crippen molar-refractivity contribution in [2.45, 2.75) is 25.7 Å². The summed E-state index contributed by atoms with van der Waals surface area (Å²) in [5, 5.41) is 8.61. The number of likely N-dealkylation sites (tertiary alicyclic amines) is 1. The standard InChI is InChI=1S/C10H15NO3/c1-8-5-3-2-4-6-11(10(8)14)7-9(12)13/h1-7H2,(H,12,13). The summed E-state index contributed by atoms with van der Waals surface area (Å²) in [4.78, 5) is 23.5. The Bertz CT molecular complexity index is 260. The van der Waals surface area contributed by atoms with E-state index in [1.54, 1.807) is 0 Å². The van der Waals surface area contributed by atoms with Gasteiger partial charge in [-0.05, 0) is 19.3 Å². The molecule has 0 aromatic rings. The van der Waals surface area contributed by atoms with E-state index in [0.29, 0.717) is 18.5 Å². The van der Waals surface area contributed by atoms with Gasteiger partial charge in [0.2, 0.25) is 5.91 Å². The van der Waals surface area contributed by atoms with Gasteiger partial charge < -0.3 is 10.0 Å². The van der Waals surface area contributed by atoms with Crippen molar-refractivity contribution in [1.29, 1.82) is 0 Å². The number of rotatable bonds is 2. The van der Waals surface area contributed by atoms with Crippen molar-refractivity contribution in [1.82, 2.24) is 4.90 Å². The molecule has 1 N–H and O–H groups in total. The van der Waals surface area contributed by atoms with E-state index < -0.39 is 5.97 Å². The lowest BCUT2D eigenvalue weighted by Crippen LogP contribution is -2.37. The first-order valence-corrected chi connectivity index (χ1v) is 4.80. The highest BCUT2D eigenvalue weighted by atomic mass is 16.4. The predicted molar refractivity (Wildman–Crippen MR) is 51.8 cm³/mol. The number of carbonyl (C=O) groups excluding carboxylic acids is 1. The smallest absolute Gasteiger partial charge is 0.323 e. The lowest BCUT2D eigenvalue weighted by molar-refractivity contribution is -0.143. The second-order valence-corrected chi connectivity index (χ2v) is 3.53. The fourth-order valence-corrected chi connectivity index (χ4v) is 1.56. The van der Waals surface area contributed by atoms with Gasteiger partial charge in [0.1, 0.15) is 6.54 Å². The lowest BCUT2D eigenvalue weighted by Gasteiger charge is -2.23. The normalized spacial score (nSPS) is 19.0. The second-order valence-electron chi connectivity index (χ2n) is 3.53. The van der Waals surface area contributed by atoms with Crippen LogP contribution in [0.5, 0.6) is 0 Å². The first-order chi connectivity index (χ1) is 6.61. The van der Waals surface area contributed by atoms with Crippen LogP contribution in [0.15, 0.2) is 12.2 Å². The third kappa shape index (κ3) is 2.87. The zero-order valence-electron chi connectivity index (χ0n) is 8.16. The van der Waals surface area contributed by atoms with Gasteiger partial charge in [-0.15, -0.1) is 0 Å². The summed E-state index contributed by atoms with van der Waals surface area (Å²) in [6, 6.07) is 0. The first kappa shape index (κ1) is 10.8. The fourth-order valence-electron chi connectivity index (χ4n) is 1.56. The Morgan fingerprint density at radius 1 is 1.43 bits per heavy atom. The number of carboxylic acids is 1. The highest BCUT2D eigenvalue weighted by molar-refractivity contribution is 5.94. The molecule has 0 spiro atoms. The topological polar surface area (TPSA) is 57.6 Å². The molecule has 0 saturated carbocycles. The Balaban J connectivity index is 2.63. The molecule has 1 heterocycles. The van der Waals surface area contributed by atoms with Crippen LogP contribution in [0.4, 0.5) is 0 Å². The summed E-state index contributed by atoms with van der Waals surface area (Å²) in [5.41, 5.74) is 0.533. The van der Waals surface area contributed by atoms with Crippen LogP contribution >= 0.6 is 0 Å². The molecule has 1 aliphatic rings. The van der Waals surface area contributed by atoms with Crippen LogP contribution in [0.2, 0.25) is 0 Å². The molecule has 0 aromatic heterocycles. The minimum absolute atomic E-state index is 0.202. The van der Waals surface area contributed by atoms with Crippen LogP contribution in [0.25, 0.3) is 0 Å². The van der Waals surface area contributed by atoms with E-state index in [2.05, 4.69) is 6.58 Å². The van der Waals surface area contributed by atoms with Crippen molar-refractivity contribution in [3.05, 3.63) is 12.2 Å². The molecule has 78 valence electrons. The zero-order chi connectivity index (χ0) is 10.6. The maximum Gasteiger partial charge on any atom is 0.323 e. The third-order valence-corrected chi connectivity index (χ3v) is 2.32. The van der Waals surface area contributed by atoms with Gasteiger partial charge in [0.05, 0.1) is 0 Å². The molecule has 14 heavy (non-hydrogen) atoms. The van der Waals surface area contributed by atoms with E-state index in [1.165, 1.54) is 4.90 Å². The largest absolute Gasteiger partial charge is 0.480 e. The van der Waals surface area contributed by atoms with Crippen molar-refractivity contribution in [2.75, 3.05) is 13.1 Å². The van der Waals surface area contributed by atoms with Crippen molar-refractivity contribution in [2.24, 2.45) is 0 Å². The Hall–Kier alpha value is -1.32. The molecule has 0 aliphatic carbocycles. The van der Waals surface area contributed by atoms with Crippen molar-refractivity contribution in [3.8, 4) is 0 Å². The summed E-state index contributed by atoms with van der Waals surface area (Å²) in [6.45, 7) is 3.99. The maximum atomic E-state index is 11.6. The number of hydrogen-bond acceptors (Lipinski definition) is 2. The molecule has 1 fully saturated rings. The Labute approximate surface area is 83.2 Å². The molecule has 4 nitrogen and oxygen atoms in total. The fraction of sp³-hybridized carbons (Fsp3) is 0.600. The minimum atomic E-state index is -0.966. The Morgan fingerprint density at radius 2 is 2.14 bits per heavy atom. The molecule has 1 saturated heterocycles. The quantitative estimate of drug-likeness (QED) is 0.672. The van der Waals surface area contributed by atoms with Gasteiger partial charge in [-0.1, -0.05) is 13.0 Å². The van der Waals surface area contributed by atoms with E-state index in [4.69, 9.17) is 5.11 Å². The number of amides is 1. The zero-order valence-corrected chi connectivity index (χ0v) is 8.16. The van der Waals surface area contributed by atoms with Crippen LogP contribution in [0.3, 0.4) is 0 Å². The number of carbonyl (C=O) groups is 2. The first-order valence-electron chi connectivity index (χ1n) is 4.80. The number of nitrogens with zero attached hydrogens (tertiary/aromatic N) is 1. The molecule has 1 rings (SSSR count). The minimum Gasteiger partial charge on any atom is -0.480 e. The highest BCUT2D eigenvalue weighted by Crippen LogP contribution is 2.15.